The van der Waals surface area contributed by atoms with Crippen molar-refractivity contribution >= 4 is 22.5 Å². The molecule has 0 saturated heterocycles. The van der Waals surface area contributed by atoms with Crippen LogP contribution in [0.15, 0.2) is 53.6 Å². The largest absolute Gasteiger partial charge is 0.378 e. The van der Waals surface area contributed by atoms with Crippen molar-refractivity contribution in [3.8, 4) is 0 Å². The number of carbonyl (C=O) groups is 1. The van der Waals surface area contributed by atoms with Crippen molar-refractivity contribution in [2.24, 2.45) is 0 Å². The highest BCUT2D eigenvalue weighted by Gasteiger charge is 2.09. The Bertz CT molecular complexity index is 991. The predicted octanol–water partition coefficient (Wildman–Crippen LogP) is 2.09. The van der Waals surface area contributed by atoms with Gasteiger partial charge in [0.25, 0.3) is 5.56 Å². The summed E-state index contributed by atoms with van der Waals surface area (Å²) < 4.78 is 1.34. The number of para-hydroxylation sites is 1. The Morgan fingerprint density at radius 2 is 1.88 bits per heavy atom. The molecule has 134 valence electrons. The quantitative estimate of drug-likeness (QED) is 0.765. The third-order valence-corrected chi connectivity index (χ3v) is 4.31. The van der Waals surface area contributed by atoms with Crippen molar-refractivity contribution in [1.29, 1.82) is 0 Å². The van der Waals surface area contributed by atoms with Gasteiger partial charge in [0.1, 0.15) is 6.54 Å². The molecule has 3 aromatic rings. The Kier molecular flexibility index (Phi) is 5.02. The number of hydrogen-bond donors (Lipinski definition) is 1. The Balaban J connectivity index is 1.67. The number of fused-ring (bicyclic) bond motifs is 1. The SMILES string of the molecule is Cc1cccc2c(=O)n(CC(=O)NCc3ccc(N(C)C)cc3)cnc12. The molecule has 0 saturated carbocycles. The van der Waals surface area contributed by atoms with Crippen LogP contribution in [0.3, 0.4) is 0 Å². The summed E-state index contributed by atoms with van der Waals surface area (Å²) in [6, 6.07) is 13.4. The van der Waals surface area contributed by atoms with Crippen LogP contribution in [0.25, 0.3) is 10.9 Å². The zero-order valence-corrected chi connectivity index (χ0v) is 15.2. The maximum atomic E-state index is 12.5. The Labute approximate surface area is 152 Å². The summed E-state index contributed by atoms with van der Waals surface area (Å²) in [5, 5.41) is 3.37. The molecule has 0 unspecified atom stereocenters. The number of benzene rings is 2. The number of aryl methyl sites for hydroxylation is 1. The first-order chi connectivity index (χ1) is 12.5. The summed E-state index contributed by atoms with van der Waals surface area (Å²) in [6.45, 7) is 2.28. The van der Waals surface area contributed by atoms with E-state index in [0.717, 1.165) is 16.8 Å². The van der Waals surface area contributed by atoms with Gasteiger partial charge in [-0.3, -0.25) is 14.2 Å². The molecule has 0 bridgehead atoms. The minimum Gasteiger partial charge on any atom is -0.378 e. The lowest BCUT2D eigenvalue weighted by atomic mass is 10.1. The van der Waals surface area contributed by atoms with Crippen molar-refractivity contribution in [2.75, 3.05) is 19.0 Å². The van der Waals surface area contributed by atoms with E-state index in [0.29, 0.717) is 17.4 Å². The molecule has 6 heteroatoms. The van der Waals surface area contributed by atoms with Crippen molar-refractivity contribution < 1.29 is 4.79 Å². The van der Waals surface area contributed by atoms with Crippen LogP contribution >= 0.6 is 0 Å². The van der Waals surface area contributed by atoms with Gasteiger partial charge in [0.15, 0.2) is 0 Å². The fraction of sp³-hybridized carbons (Fsp3) is 0.250. The summed E-state index contributed by atoms with van der Waals surface area (Å²) >= 11 is 0. The summed E-state index contributed by atoms with van der Waals surface area (Å²) in [7, 11) is 3.96. The standard InChI is InChI=1S/C20H22N4O2/c1-14-5-4-6-17-19(14)22-13-24(20(17)26)12-18(25)21-11-15-7-9-16(10-8-15)23(2)3/h4-10,13H,11-12H2,1-3H3,(H,21,25). The molecule has 1 heterocycles. The van der Waals surface area contributed by atoms with Crippen LogP contribution in [-0.4, -0.2) is 29.6 Å². The summed E-state index contributed by atoms with van der Waals surface area (Å²) in [4.78, 5) is 31.1. The lowest BCUT2D eigenvalue weighted by molar-refractivity contribution is -0.121. The molecule has 1 amide bonds. The number of aromatic nitrogens is 2. The molecule has 0 aliphatic rings. The summed E-state index contributed by atoms with van der Waals surface area (Å²) in [5.74, 6) is -0.224. The number of anilines is 1. The molecular formula is C20H22N4O2. The lowest BCUT2D eigenvalue weighted by Gasteiger charge is -2.13. The highest BCUT2D eigenvalue weighted by molar-refractivity contribution is 5.81. The van der Waals surface area contributed by atoms with Crippen LogP contribution in [0.2, 0.25) is 0 Å². The Morgan fingerprint density at radius 3 is 2.58 bits per heavy atom. The topological polar surface area (TPSA) is 67.2 Å². The van der Waals surface area contributed by atoms with Gasteiger partial charge in [0, 0.05) is 26.3 Å². The second-order valence-corrected chi connectivity index (χ2v) is 6.49. The minimum absolute atomic E-state index is 0.0501. The smallest absolute Gasteiger partial charge is 0.261 e. The highest BCUT2D eigenvalue weighted by atomic mass is 16.2. The van der Waals surface area contributed by atoms with Crippen molar-refractivity contribution in [1.82, 2.24) is 14.9 Å². The van der Waals surface area contributed by atoms with Crippen LogP contribution in [0.4, 0.5) is 5.69 Å². The van der Waals surface area contributed by atoms with Crippen LogP contribution in [0.1, 0.15) is 11.1 Å². The molecule has 26 heavy (non-hydrogen) atoms. The average molecular weight is 350 g/mol. The number of hydrogen-bond acceptors (Lipinski definition) is 4. The van der Waals surface area contributed by atoms with Gasteiger partial charge in [-0.15, -0.1) is 0 Å². The van der Waals surface area contributed by atoms with Crippen LogP contribution in [0, 0.1) is 6.92 Å². The van der Waals surface area contributed by atoms with Crippen LogP contribution in [-0.2, 0) is 17.9 Å². The van der Waals surface area contributed by atoms with E-state index in [1.807, 2.05) is 62.3 Å². The fourth-order valence-corrected chi connectivity index (χ4v) is 2.77. The van der Waals surface area contributed by atoms with Crippen molar-refractivity contribution in [3.63, 3.8) is 0 Å². The fourth-order valence-electron chi connectivity index (χ4n) is 2.77. The number of rotatable bonds is 5. The van der Waals surface area contributed by atoms with Crippen molar-refractivity contribution in [2.45, 2.75) is 20.0 Å². The molecule has 3 rings (SSSR count). The first-order valence-electron chi connectivity index (χ1n) is 8.43. The van der Waals surface area contributed by atoms with Gasteiger partial charge in [0.05, 0.1) is 17.2 Å². The average Bonchev–Trinajstić information content (AvgIpc) is 2.63. The molecular weight excluding hydrogens is 328 g/mol. The number of amides is 1. The Morgan fingerprint density at radius 1 is 1.15 bits per heavy atom. The van der Waals surface area contributed by atoms with Gasteiger partial charge in [-0.05, 0) is 36.2 Å². The molecule has 0 aliphatic heterocycles. The second-order valence-electron chi connectivity index (χ2n) is 6.49. The second kappa shape index (κ2) is 7.39. The maximum Gasteiger partial charge on any atom is 0.261 e. The molecule has 1 N–H and O–H groups in total. The van der Waals surface area contributed by atoms with Gasteiger partial charge in [-0.2, -0.15) is 0 Å². The molecule has 0 fully saturated rings. The molecule has 0 aliphatic carbocycles. The molecule has 2 aromatic carbocycles. The molecule has 1 aromatic heterocycles. The van der Waals surface area contributed by atoms with Gasteiger partial charge in [-0.1, -0.05) is 24.3 Å². The number of carbonyl (C=O) groups excluding carboxylic acids is 1. The maximum absolute atomic E-state index is 12.5. The van der Waals surface area contributed by atoms with Gasteiger partial charge in [-0.25, -0.2) is 4.98 Å². The lowest BCUT2D eigenvalue weighted by Crippen LogP contribution is -2.32. The van der Waals surface area contributed by atoms with E-state index >= 15 is 0 Å². The third-order valence-electron chi connectivity index (χ3n) is 4.31. The monoisotopic (exact) mass is 350 g/mol. The van der Waals surface area contributed by atoms with Gasteiger partial charge in [0.2, 0.25) is 5.91 Å². The summed E-state index contributed by atoms with van der Waals surface area (Å²) in [5.41, 5.74) is 3.52. The number of nitrogens with zero attached hydrogens (tertiary/aromatic N) is 3. The van der Waals surface area contributed by atoms with E-state index in [9.17, 15) is 9.59 Å². The van der Waals surface area contributed by atoms with Crippen LogP contribution in [0.5, 0.6) is 0 Å². The van der Waals surface area contributed by atoms with E-state index in [4.69, 9.17) is 0 Å². The van der Waals surface area contributed by atoms with Gasteiger partial charge >= 0.3 is 0 Å². The van der Waals surface area contributed by atoms with Gasteiger partial charge < -0.3 is 10.2 Å². The zero-order chi connectivity index (χ0) is 18.7. The van der Waals surface area contributed by atoms with E-state index in [1.54, 1.807) is 6.07 Å². The van der Waals surface area contributed by atoms with E-state index in [2.05, 4.69) is 10.3 Å². The predicted molar refractivity (Wildman–Crippen MR) is 103 cm³/mol. The van der Waals surface area contributed by atoms with Crippen molar-refractivity contribution in [3.05, 3.63) is 70.3 Å². The van der Waals surface area contributed by atoms with E-state index in [-0.39, 0.29) is 18.0 Å². The van der Waals surface area contributed by atoms with E-state index in [1.165, 1.54) is 10.9 Å². The molecule has 0 radical (unpaired) electrons. The Hall–Kier alpha value is -3.15. The molecule has 6 nitrogen and oxygen atoms in total. The highest BCUT2D eigenvalue weighted by Crippen LogP contribution is 2.12. The zero-order valence-electron chi connectivity index (χ0n) is 15.2. The first kappa shape index (κ1) is 17.7. The first-order valence-corrected chi connectivity index (χ1v) is 8.43. The third kappa shape index (κ3) is 3.74. The molecule has 0 spiro atoms. The van der Waals surface area contributed by atoms with E-state index < -0.39 is 0 Å². The summed E-state index contributed by atoms with van der Waals surface area (Å²) in [6.07, 6.45) is 1.43. The normalized spacial score (nSPS) is 10.7. The van der Waals surface area contributed by atoms with Crippen LogP contribution < -0.4 is 15.8 Å². The molecule has 0 atom stereocenters. The number of nitrogens with one attached hydrogen (secondary N) is 1. The minimum atomic E-state index is -0.224.